The lowest BCUT2D eigenvalue weighted by atomic mass is 10.1. The standard InChI is InChI=1S/C15H20N2O2/c1-10-4-5-13-12(6-10)7-14(19-13)15(18)17(3)9-11(2)8-16/h4-7,11H,8-9,16H2,1-3H3. The summed E-state index contributed by atoms with van der Waals surface area (Å²) in [6, 6.07) is 7.68. The zero-order valence-corrected chi connectivity index (χ0v) is 11.6. The van der Waals surface area contributed by atoms with Crippen LogP contribution in [-0.2, 0) is 0 Å². The van der Waals surface area contributed by atoms with Crippen molar-refractivity contribution >= 4 is 16.9 Å². The predicted octanol–water partition coefficient (Wildman–Crippen LogP) is 2.41. The van der Waals surface area contributed by atoms with Gasteiger partial charge in [0.15, 0.2) is 5.76 Å². The van der Waals surface area contributed by atoms with Crippen molar-refractivity contribution in [1.29, 1.82) is 0 Å². The van der Waals surface area contributed by atoms with E-state index >= 15 is 0 Å². The maximum atomic E-state index is 12.2. The first kappa shape index (κ1) is 13.6. The van der Waals surface area contributed by atoms with Gasteiger partial charge >= 0.3 is 0 Å². The van der Waals surface area contributed by atoms with E-state index < -0.39 is 0 Å². The number of nitrogens with two attached hydrogens (primary N) is 1. The van der Waals surface area contributed by atoms with E-state index in [2.05, 4.69) is 0 Å². The highest BCUT2D eigenvalue weighted by molar-refractivity contribution is 5.96. The lowest BCUT2D eigenvalue weighted by molar-refractivity contribution is 0.0748. The van der Waals surface area contributed by atoms with Gasteiger partial charge in [-0.05, 0) is 37.6 Å². The number of fused-ring (bicyclic) bond motifs is 1. The largest absolute Gasteiger partial charge is 0.451 e. The molecule has 0 aliphatic heterocycles. The van der Waals surface area contributed by atoms with Gasteiger partial charge in [-0.15, -0.1) is 0 Å². The maximum Gasteiger partial charge on any atom is 0.289 e. The summed E-state index contributed by atoms with van der Waals surface area (Å²) in [6.45, 7) is 5.23. The topological polar surface area (TPSA) is 59.5 Å². The van der Waals surface area contributed by atoms with Gasteiger partial charge in [-0.3, -0.25) is 4.79 Å². The monoisotopic (exact) mass is 260 g/mol. The fourth-order valence-electron chi connectivity index (χ4n) is 2.08. The van der Waals surface area contributed by atoms with Crippen LogP contribution in [0.5, 0.6) is 0 Å². The van der Waals surface area contributed by atoms with Crippen molar-refractivity contribution in [1.82, 2.24) is 4.90 Å². The molecular weight excluding hydrogens is 240 g/mol. The van der Waals surface area contributed by atoms with E-state index in [1.54, 1.807) is 18.0 Å². The van der Waals surface area contributed by atoms with Gasteiger partial charge in [0.25, 0.3) is 5.91 Å². The Kier molecular flexibility index (Phi) is 3.90. The van der Waals surface area contributed by atoms with E-state index in [9.17, 15) is 4.79 Å². The summed E-state index contributed by atoms with van der Waals surface area (Å²) in [5.74, 6) is 0.557. The highest BCUT2D eigenvalue weighted by Crippen LogP contribution is 2.21. The molecule has 0 bridgehead atoms. The molecule has 19 heavy (non-hydrogen) atoms. The molecule has 1 aromatic carbocycles. The molecule has 4 nitrogen and oxygen atoms in total. The number of aryl methyl sites for hydroxylation is 1. The lowest BCUT2D eigenvalue weighted by Gasteiger charge is -2.19. The zero-order valence-electron chi connectivity index (χ0n) is 11.6. The Morgan fingerprint density at radius 1 is 1.42 bits per heavy atom. The number of hydrogen-bond acceptors (Lipinski definition) is 3. The Bertz CT molecular complexity index is 589. The lowest BCUT2D eigenvalue weighted by Crippen LogP contribution is -2.33. The number of amides is 1. The second-order valence-electron chi connectivity index (χ2n) is 5.18. The van der Waals surface area contributed by atoms with Crippen molar-refractivity contribution in [2.75, 3.05) is 20.1 Å². The predicted molar refractivity (Wildman–Crippen MR) is 76.1 cm³/mol. The summed E-state index contributed by atoms with van der Waals surface area (Å²) in [4.78, 5) is 13.9. The smallest absolute Gasteiger partial charge is 0.289 e. The molecule has 0 radical (unpaired) electrons. The number of furan rings is 1. The number of nitrogens with zero attached hydrogens (tertiary/aromatic N) is 1. The Balaban J connectivity index is 2.21. The van der Waals surface area contributed by atoms with Gasteiger partial charge in [-0.25, -0.2) is 0 Å². The second-order valence-corrected chi connectivity index (χ2v) is 5.18. The highest BCUT2D eigenvalue weighted by atomic mass is 16.3. The van der Waals surface area contributed by atoms with E-state index in [-0.39, 0.29) is 11.8 Å². The molecule has 1 heterocycles. The minimum Gasteiger partial charge on any atom is -0.451 e. The number of benzene rings is 1. The molecule has 102 valence electrons. The molecule has 4 heteroatoms. The summed E-state index contributed by atoms with van der Waals surface area (Å²) in [7, 11) is 1.77. The summed E-state index contributed by atoms with van der Waals surface area (Å²) in [6.07, 6.45) is 0. The van der Waals surface area contributed by atoms with Crippen LogP contribution < -0.4 is 5.73 Å². The normalized spacial score (nSPS) is 12.6. The Morgan fingerprint density at radius 3 is 2.84 bits per heavy atom. The van der Waals surface area contributed by atoms with Crippen molar-refractivity contribution in [3.63, 3.8) is 0 Å². The van der Waals surface area contributed by atoms with E-state index in [0.29, 0.717) is 18.8 Å². The van der Waals surface area contributed by atoms with Crippen LogP contribution in [-0.4, -0.2) is 30.9 Å². The number of rotatable bonds is 4. The van der Waals surface area contributed by atoms with Gasteiger partial charge in [0.1, 0.15) is 5.58 Å². The van der Waals surface area contributed by atoms with Gasteiger partial charge in [0.05, 0.1) is 0 Å². The molecule has 0 saturated carbocycles. The SMILES string of the molecule is Cc1ccc2oc(C(=O)N(C)CC(C)CN)cc2c1. The van der Waals surface area contributed by atoms with Crippen LogP contribution in [0.1, 0.15) is 23.0 Å². The molecule has 2 N–H and O–H groups in total. The number of carbonyl (C=O) groups is 1. The first-order valence-corrected chi connectivity index (χ1v) is 6.47. The Morgan fingerprint density at radius 2 is 2.16 bits per heavy atom. The summed E-state index contributed by atoms with van der Waals surface area (Å²) in [5, 5.41) is 0.962. The molecule has 1 atom stereocenters. The number of carbonyl (C=O) groups excluding carboxylic acids is 1. The zero-order chi connectivity index (χ0) is 14.0. The molecule has 0 fully saturated rings. The van der Waals surface area contributed by atoms with Crippen molar-refractivity contribution in [2.45, 2.75) is 13.8 Å². The van der Waals surface area contributed by atoms with Gasteiger partial charge in [0.2, 0.25) is 0 Å². The van der Waals surface area contributed by atoms with Crippen LogP contribution in [0.2, 0.25) is 0 Å². The van der Waals surface area contributed by atoms with E-state index in [0.717, 1.165) is 16.5 Å². The van der Waals surface area contributed by atoms with Crippen LogP contribution in [0.25, 0.3) is 11.0 Å². The quantitative estimate of drug-likeness (QED) is 0.918. The van der Waals surface area contributed by atoms with E-state index in [4.69, 9.17) is 10.2 Å². The second kappa shape index (κ2) is 5.45. The summed E-state index contributed by atoms with van der Waals surface area (Å²) < 4.78 is 5.60. The summed E-state index contributed by atoms with van der Waals surface area (Å²) >= 11 is 0. The molecule has 0 aliphatic carbocycles. The van der Waals surface area contributed by atoms with Crippen LogP contribution >= 0.6 is 0 Å². The molecule has 0 aliphatic rings. The first-order chi connectivity index (χ1) is 9.01. The maximum absolute atomic E-state index is 12.2. The van der Waals surface area contributed by atoms with Crippen LogP contribution in [0.15, 0.2) is 28.7 Å². The Hall–Kier alpha value is -1.81. The van der Waals surface area contributed by atoms with Crippen molar-refractivity contribution < 1.29 is 9.21 Å². The van der Waals surface area contributed by atoms with Gasteiger partial charge in [0, 0.05) is 19.0 Å². The molecular formula is C15H20N2O2. The fourth-order valence-corrected chi connectivity index (χ4v) is 2.08. The Labute approximate surface area is 113 Å². The van der Waals surface area contributed by atoms with Crippen molar-refractivity contribution in [2.24, 2.45) is 11.7 Å². The van der Waals surface area contributed by atoms with Gasteiger partial charge in [-0.1, -0.05) is 18.6 Å². The average Bonchev–Trinajstić information content (AvgIpc) is 2.80. The molecule has 0 saturated heterocycles. The minimum atomic E-state index is -0.103. The third-order valence-electron chi connectivity index (χ3n) is 3.22. The fraction of sp³-hybridized carbons (Fsp3) is 0.400. The minimum absolute atomic E-state index is 0.103. The molecule has 2 aromatic rings. The van der Waals surface area contributed by atoms with E-state index in [1.807, 2.05) is 32.0 Å². The van der Waals surface area contributed by atoms with Crippen molar-refractivity contribution in [3.05, 3.63) is 35.6 Å². The van der Waals surface area contributed by atoms with E-state index in [1.165, 1.54) is 0 Å². The third-order valence-corrected chi connectivity index (χ3v) is 3.22. The van der Waals surface area contributed by atoms with Gasteiger partial charge < -0.3 is 15.1 Å². The molecule has 1 aromatic heterocycles. The summed E-state index contributed by atoms with van der Waals surface area (Å²) in [5.41, 5.74) is 7.47. The number of hydrogen-bond donors (Lipinski definition) is 1. The molecule has 0 spiro atoms. The molecule has 1 amide bonds. The van der Waals surface area contributed by atoms with Gasteiger partial charge in [-0.2, -0.15) is 0 Å². The van der Waals surface area contributed by atoms with Crippen LogP contribution in [0, 0.1) is 12.8 Å². The van der Waals surface area contributed by atoms with Crippen molar-refractivity contribution in [3.8, 4) is 0 Å². The van der Waals surface area contributed by atoms with Crippen LogP contribution in [0.4, 0.5) is 0 Å². The molecule has 2 rings (SSSR count). The highest BCUT2D eigenvalue weighted by Gasteiger charge is 2.18. The average molecular weight is 260 g/mol. The van der Waals surface area contributed by atoms with Crippen LogP contribution in [0.3, 0.4) is 0 Å². The third kappa shape index (κ3) is 2.96. The molecule has 1 unspecified atom stereocenters. The first-order valence-electron chi connectivity index (χ1n) is 6.47.